The summed E-state index contributed by atoms with van der Waals surface area (Å²) in [5.41, 5.74) is 0.387. The molecule has 0 aliphatic heterocycles. The van der Waals surface area contributed by atoms with Crippen molar-refractivity contribution in [3.05, 3.63) is 0 Å². The number of hydrogen-bond acceptors (Lipinski definition) is 1. The van der Waals surface area contributed by atoms with E-state index >= 15 is 0 Å². The number of hydrogen-bond donors (Lipinski definition) is 0. The van der Waals surface area contributed by atoms with Crippen LogP contribution >= 0.6 is 0 Å². The van der Waals surface area contributed by atoms with Crippen LogP contribution in [0.2, 0.25) is 0 Å². The maximum absolute atomic E-state index is 11.5. The Kier molecular flexibility index (Phi) is 3.52. The van der Waals surface area contributed by atoms with Gasteiger partial charge in [-0.15, -0.1) is 0 Å². The van der Waals surface area contributed by atoms with Gasteiger partial charge in [-0.1, -0.05) is 27.2 Å². The Morgan fingerprint density at radius 3 is 2.54 bits per heavy atom. The number of carbonyl (C=O) groups is 1. The molecule has 1 heteroatoms. The molecule has 1 saturated carbocycles. The van der Waals surface area contributed by atoms with Gasteiger partial charge in [-0.3, -0.25) is 4.79 Å². The molecule has 0 aromatic rings. The molecule has 0 N–H and O–H groups in total. The Morgan fingerprint density at radius 2 is 2.00 bits per heavy atom. The summed E-state index contributed by atoms with van der Waals surface area (Å²) in [5.74, 6) is 0.920. The van der Waals surface area contributed by atoms with Gasteiger partial charge in [0.25, 0.3) is 0 Å². The van der Waals surface area contributed by atoms with Crippen LogP contribution in [0.15, 0.2) is 0 Å². The number of Topliss-reactive ketones (excluding diaryl/α,β-unsaturated/α-hetero) is 1. The second-order valence-corrected chi connectivity index (χ2v) is 5.51. The van der Waals surface area contributed by atoms with Crippen LogP contribution in [0, 0.1) is 11.3 Å². The summed E-state index contributed by atoms with van der Waals surface area (Å²) >= 11 is 0. The van der Waals surface area contributed by atoms with Gasteiger partial charge in [0.15, 0.2) is 0 Å². The quantitative estimate of drug-likeness (QED) is 0.638. The fraction of sp³-hybridized carbons (Fsp3) is 0.917. The van der Waals surface area contributed by atoms with E-state index < -0.39 is 0 Å². The van der Waals surface area contributed by atoms with Gasteiger partial charge >= 0.3 is 0 Å². The van der Waals surface area contributed by atoms with Gasteiger partial charge in [0.05, 0.1) is 0 Å². The molecule has 0 aromatic heterocycles. The molecule has 1 rings (SSSR count). The fourth-order valence-electron chi connectivity index (χ4n) is 1.97. The highest BCUT2D eigenvalue weighted by atomic mass is 16.1. The van der Waals surface area contributed by atoms with Gasteiger partial charge < -0.3 is 0 Å². The highest BCUT2D eigenvalue weighted by Crippen LogP contribution is 2.29. The van der Waals surface area contributed by atoms with Crippen LogP contribution in [0.4, 0.5) is 0 Å². The van der Waals surface area contributed by atoms with Gasteiger partial charge in [0.2, 0.25) is 0 Å². The molecule has 1 aliphatic rings. The lowest BCUT2D eigenvalue weighted by Crippen LogP contribution is -2.20. The summed E-state index contributed by atoms with van der Waals surface area (Å²) in [6.45, 7) is 6.75. The van der Waals surface area contributed by atoms with E-state index in [0.717, 1.165) is 25.7 Å². The SMILES string of the molecule is CC(C)(C)CCC1CCCCC1=O. The molecule has 1 nitrogen and oxygen atoms in total. The van der Waals surface area contributed by atoms with Crippen molar-refractivity contribution in [3.8, 4) is 0 Å². The molecule has 0 aromatic carbocycles. The minimum atomic E-state index is 0.387. The molecular formula is C12H22O. The van der Waals surface area contributed by atoms with Crippen LogP contribution in [0.1, 0.15) is 59.3 Å². The fourth-order valence-corrected chi connectivity index (χ4v) is 1.97. The third-order valence-electron chi connectivity index (χ3n) is 2.92. The van der Waals surface area contributed by atoms with Crippen LogP contribution in [0.5, 0.6) is 0 Å². The maximum Gasteiger partial charge on any atom is 0.135 e. The monoisotopic (exact) mass is 182 g/mol. The van der Waals surface area contributed by atoms with Gasteiger partial charge in [0, 0.05) is 12.3 Å². The van der Waals surface area contributed by atoms with Crippen LogP contribution in [-0.4, -0.2) is 5.78 Å². The minimum Gasteiger partial charge on any atom is -0.299 e. The molecule has 76 valence electrons. The second-order valence-electron chi connectivity index (χ2n) is 5.51. The van der Waals surface area contributed by atoms with Crippen molar-refractivity contribution in [3.63, 3.8) is 0 Å². The summed E-state index contributed by atoms with van der Waals surface area (Å²) in [4.78, 5) is 11.5. The van der Waals surface area contributed by atoms with Crippen molar-refractivity contribution >= 4 is 5.78 Å². The first-order chi connectivity index (χ1) is 5.99. The highest BCUT2D eigenvalue weighted by molar-refractivity contribution is 5.81. The summed E-state index contributed by atoms with van der Waals surface area (Å²) in [7, 11) is 0. The molecule has 1 unspecified atom stereocenters. The third kappa shape index (κ3) is 3.93. The zero-order valence-electron chi connectivity index (χ0n) is 9.23. The Balaban J connectivity index is 2.31. The van der Waals surface area contributed by atoms with Gasteiger partial charge in [-0.25, -0.2) is 0 Å². The first-order valence-corrected chi connectivity index (χ1v) is 5.52. The lowest BCUT2D eigenvalue weighted by molar-refractivity contribution is -0.124. The van der Waals surface area contributed by atoms with Crippen molar-refractivity contribution in [2.24, 2.45) is 11.3 Å². The van der Waals surface area contributed by atoms with E-state index in [1.54, 1.807) is 0 Å². The number of ketones is 1. The van der Waals surface area contributed by atoms with Crippen LogP contribution in [0.25, 0.3) is 0 Å². The molecule has 0 amide bonds. The van der Waals surface area contributed by atoms with Gasteiger partial charge in [-0.05, 0) is 31.1 Å². The van der Waals surface area contributed by atoms with E-state index in [1.165, 1.54) is 12.8 Å². The molecule has 0 heterocycles. The predicted octanol–water partition coefficient (Wildman–Crippen LogP) is 3.57. The lowest BCUT2D eigenvalue weighted by atomic mass is 9.80. The molecule has 1 fully saturated rings. The highest BCUT2D eigenvalue weighted by Gasteiger charge is 2.23. The number of carbonyl (C=O) groups excluding carboxylic acids is 1. The predicted molar refractivity (Wildman–Crippen MR) is 55.7 cm³/mol. The van der Waals surface area contributed by atoms with Gasteiger partial charge in [0.1, 0.15) is 5.78 Å². The van der Waals surface area contributed by atoms with Crippen molar-refractivity contribution in [2.75, 3.05) is 0 Å². The molecule has 0 radical (unpaired) electrons. The van der Waals surface area contributed by atoms with E-state index in [0.29, 0.717) is 17.1 Å². The third-order valence-corrected chi connectivity index (χ3v) is 2.92. The van der Waals surface area contributed by atoms with Crippen LogP contribution in [-0.2, 0) is 4.79 Å². The number of rotatable bonds is 2. The molecule has 0 saturated heterocycles. The molecule has 1 aliphatic carbocycles. The van der Waals surface area contributed by atoms with Crippen LogP contribution < -0.4 is 0 Å². The Hall–Kier alpha value is -0.330. The van der Waals surface area contributed by atoms with Gasteiger partial charge in [-0.2, -0.15) is 0 Å². The Bertz CT molecular complexity index is 176. The Morgan fingerprint density at radius 1 is 1.31 bits per heavy atom. The van der Waals surface area contributed by atoms with Crippen molar-refractivity contribution in [1.29, 1.82) is 0 Å². The van der Waals surface area contributed by atoms with E-state index in [4.69, 9.17) is 0 Å². The van der Waals surface area contributed by atoms with Crippen molar-refractivity contribution in [1.82, 2.24) is 0 Å². The molecule has 0 spiro atoms. The molecule has 0 bridgehead atoms. The van der Waals surface area contributed by atoms with Crippen LogP contribution in [0.3, 0.4) is 0 Å². The Labute approximate surface area is 81.9 Å². The zero-order valence-corrected chi connectivity index (χ0v) is 9.23. The average Bonchev–Trinajstić information content (AvgIpc) is 2.01. The van der Waals surface area contributed by atoms with E-state index in [-0.39, 0.29) is 0 Å². The summed E-state index contributed by atoms with van der Waals surface area (Å²) < 4.78 is 0. The van der Waals surface area contributed by atoms with E-state index in [9.17, 15) is 4.79 Å². The van der Waals surface area contributed by atoms with E-state index in [1.807, 2.05) is 0 Å². The first kappa shape index (κ1) is 10.7. The topological polar surface area (TPSA) is 17.1 Å². The van der Waals surface area contributed by atoms with Crippen molar-refractivity contribution < 1.29 is 4.79 Å². The van der Waals surface area contributed by atoms with Crippen molar-refractivity contribution in [2.45, 2.75) is 59.3 Å². The summed E-state index contributed by atoms with van der Waals surface area (Å²) in [6.07, 6.45) is 6.68. The smallest absolute Gasteiger partial charge is 0.135 e. The first-order valence-electron chi connectivity index (χ1n) is 5.52. The largest absolute Gasteiger partial charge is 0.299 e. The molecule has 13 heavy (non-hydrogen) atoms. The maximum atomic E-state index is 11.5. The average molecular weight is 182 g/mol. The summed E-state index contributed by atoms with van der Waals surface area (Å²) in [5, 5.41) is 0. The van der Waals surface area contributed by atoms with E-state index in [2.05, 4.69) is 20.8 Å². The minimum absolute atomic E-state index is 0.387. The zero-order chi connectivity index (χ0) is 9.90. The molecular weight excluding hydrogens is 160 g/mol. The normalized spacial score (nSPS) is 24.8. The second kappa shape index (κ2) is 4.26. The molecule has 1 atom stereocenters. The standard InChI is InChI=1S/C12H22O/c1-12(2,3)9-8-10-6-4-5-7-11(10)13/h10H,4-9H2,1-3H3. The lowest BCUT2D eigenvalue weighted by Gasteiger charge is -2.24. The summed E-state index contributed by atoms with van der Waals surface area (Å²) in [6, 6.07) is 0.